The van der Waals surface area contributed by atoms with Crippen molar-refractivity contribution in [1.29, 1.82) is 5.26 Å². The van der Waals surface area contributed by atoms with Gasteiger partial charge in [0.1, 0.15) is 0 Å². The van der Waals surface area contributed by atoms with Gasteiger partial charge in [-0.1, -0.05) is 36.4 Å². The fourth-order valence-electron chi connectivity index (χ4n) is 3.88. The standard InChI is InChI=1S/C26H25N3O/c27-18-21-7-11-23(12-8-21)26(30)28-16-3-4-20-9-13-25(14-10-20)29-17-15-22-5-1-2-6-24(22)19-29/h1-2,5-14H,3-4,15-17,19H2,(H,28,30). The molecule has 1 heterocycles. The van der Waals surface area contributed by atoms with Crippen LogP contribution in [0.25, 0.3) is 0 Å². The molecule has 0 fully saturated rings. The Kier molecular flexibility index (Phi) is 6.10. The van der Waals surface area contributed by atoms with Crippen LogP contribution in [-0.4, -0.2) is 19.0 Å². The molecule has 0 bridgehead atoms. The van der Waals surface area contributed by atoms with Crippen LogP contribution in [0.2, 0.25) is 0 Å². The van der Waals surface area contributed by atoms with E-state index < -0.39 is 0 Å². The predicted octanol–water partition coefficient (Wildman–Crippen LogP) is 4.48. The summed E-state index contributed by atoms with van der Waals surface area (Å²) in [5, 5.41) is 11.8. The molecule has 4 rings (SSSR count). The van der Waals surface area contributed by atoms with Crippen LogP contribution in [0, 0.1) is 11.3 Å². The van der Waals surface area contributed by atoms with Crippen molar-refractivity contribution in [2.45, 2.75) is 25.8 Å². The van der Waals surface area contributed by atoms with Crippen LogP contribution < -0.4 is 10.2 Å². The minimum atomic E-state index is -0.0970. The number of hydrogen-bond donors (Lipinski definition) is 1. The number of amides is 1. The number of fused-ring (bicyclic) bond motifs is 1. The fraction of sp³-hybridized carbons (Fsp3) is 0.231. The highest BCUT2D eigenvalue weighted by Gasteiger charge is 2.15. The maximum atomic E-state index is 12.2. The van der Waals surface area contributed by atoms with Crippen molar-refractivity contribution in [1.82, 2.24) is 5.32 Å². The van der Waals surface area contributed by atoms with E-state index in [1.165, 1.54) is 22.4 Å². The summed E-state index contributed by atoms with van der Waals surface area (Å²) >= 11 is 0. The first-order chi connectivity index (χ1) is 14.7. The van der Waals surface area contributed by atoms with E-state index in [4.69, 9.17) is 5.26 Å². The van der Waals surface area contributed by atoms with E-state index in [-0.39, 0.29) is 5.91 Å². The third-order valence-corrected chi connectivity index (χ3v) is 5.64. The summed E-state index contributed by atoms with van der Waals surface area (Å²) in [5.41, 5.74) is 6.58. The van der Waals surface area contributed by atoms with Gasteiger partial charge in [-0.05, 0) is 72.4 Å². The largest absolute Gasteiger partial charge is 0.367 e. The SMILES string of the molecule is N#Cc1ccc(C(=O)NCCCc2ccc(N3CCc4ccccc4C3)cc2)cc1. The fourth-order valence-corrected chi connectivity index (χ4v) is 3.88. The van der Waals surface area contributed by atoms with Crippen molar-refractivity contribution in [3.8, 4) is 6.07 Å². The van der Waals surface area contributed by atoms with Crippen LogP contribution in [0.1, 0.15) is 39.0 Å². The van der Waals surface area contributed by atoms with Gasteiger partial charge in [0, 0.05) is 30.9 Å². The van der Waals surface area contributed by atoms with Gasteiger partial charge < -0.3 is 10.2 Å². The van der Waals surface area contributed by atoms with Crippen LogP contribution >= 0.6 is 0 Å². The van der Waals surface area contributed by atoms with Gasteiger partial charge in [0.05, 0.1) is 11.6 Å². The molecular formula is C26H25N3O. The van der Waals surface area contributed by atoms with Crippen molar-refractivity contribution < 1.29 is 4.79 Å². The van der Waals surface area contributed by atoms with E-state index in [0.29, 0.717) is 17.7 Å². The van der Waals surface area contributed by atoms with Crippen LogP contribution in [-0.2, 0) is 19.4 Å². The lowest BCUT2D eigenvalue weighted by atomic mass is 9.99. The molecule has 1 N–H and O–H groups in total. The summed E-state index contributed by atoms with van der Waals surface area (Å²) in [6.45, 7) is 2.65. The van der Waals surface area contributed by atoms with Crippen molar-refractivity contribution in [3.63, 3.8) is 0 Å². The maximum Gasteiger partial charge on any atom is 0.251 e. The molecule has 0 aliphatic carbocycles. The third-order valence-electron chi connectivity index (χ3n) is 5.64. The molecule has 0 aromatic heterocycles. The molecular weight excluding hydrogens is 370 g/mol. The molecule has 0 radical (unpaired) electrons. The minimum Gasteiger partial charge on any atom is -0.367 e. The number of rotatable bonds is 6. The normalized spacial score (nSPS) is 12.7. The number of nitrogens with one attached hydrogen (secondary N) is 1. The van der Waals surface area contributed by atoms with Crippen LogP contribution in [0.3, 0.4) is 0 Å². The Hall–Kier alpha value is -3.58. The molecule has 0 saturated carbocycles. The summed E-state index contributed by atoms with van der Waals surface area (Å²) < 4.78 is 0. The van der Waals surface area contributed by atoms with Gasteiger partial charge in [-0.25, -0.2) is 0 Å². The van der Waals surface area contributed by atoms with Gasteiger partial charge in [0.2, 0.25) is 0 Å². The zero-order valence-electron chi connectivity index (χ0n) is 17.0. The lowest BCUT2D eigenvalue weighted by molar-refractivity contribution is 0.0953. The Balaban J connectivity index is 1.24. The summed E-state index contributed by atoms with van der Waals surface area (Å²) in [7, 11) is 0. The topological polar surface area (TPSA) is 56.1 Å². The Bertz CT molecular complexity index is 1050. The summed E-state index contributed by atoms with van der Waals surface area (Å²) in [5.74, 6) is -0.0970. The number of anilines is 1. The Morgan fingerprint density at radius 3 is 2.43 bits per heavy atom. The number of carbonyl (C=O) groups excluding carboxylic acids is 1. The predicted molar refractivity (Wildman–Crippen MR) is 119 cm³/mol. The molecule has 4 nitrogen and oxygen atoms in total. The van der Waals surface area contributed by atoms with E-state index in [1.54, 1.807) is 24.3 Å². The van der Waals surface area contributed by atoms with E-state index in [9.17, 15) is 4.79 Å². The maximum absolute atomic E-state index is 12.2. The van der Waals surface area contributed by atoms with Gasteiger partial charge in [0.25, 0.3) is 5.91 Å². The number of nitriles is 1. The average Bonchev–Trinajstić information content (AvgIpc) is 2.82. The molecule has 30 heavy (non-hydrogen) atoms. The second-order valence-electron chi connectivity index (χ2n) is 7.66. The Morgan fingerprint density at radius 1 is 0.967 bits per heavy atom. The molecule has 0 spiro atoms. The average molecular weight is 396 g/mol. The Morgan fingerprint density at radius 2 is 1.70 bits per heavy atom. The van der Waals surface area contributed by atoms with Crippen molar-refractivity contribution >= 4 is 11.6 Å². The molecule has 3 aromatic rings. The van der Waals surface area contributed by atoms with E-state index in [1.807, 2.05) is 0 Å². The first-order valence-corrected chi connectivity index (χ1v) is 10.4. The zero-order valence-corrected chi connectivity index (χ0v) is 17.0. The molecule has 150 valence electrons. The lowest BCUT2D eigenvalue weighted by Gasteiger charge is -2.30. The monoisotopic (exact) mass is 395 g/mol. The molecule has 0 unspecified atom stereocenters. The zero-order chi connectivity index (χ0) is 20.8. The van der Waals surface area contributed by atoms with E-state index >= 15 is 0 Å². The lowest BCUT2D eigenvalue weighted by Crippen LogP contribution is -2.30. The van der Waals surface area contributed by atoms with Crippen molar-refractivity contribution in [2.75, 3.05) is 18.0 Å². The number of nitrogens with zero attached hydrogens (tertiary/aromatic N) is 2. The molecule has 4 heteroatoms. The van der Waals surface area contributed by atoms with Gasteiger partial charge >= 0.3 is 0 Å². The molecule has 0 saturated heterocycles. The van der Waals surface area contributed by atoms with E-state index in [2.05, 4.69) is 64.8 Å². The highest BCUT2D eigenvalue weighted by atomic mass is 16.1. The second kappa shape index (κ2) is 9.28. The third kappa shape index (κ3) is 4.69. The van der Waals surface area contributed by atoms with Gasteiger partial charge in [-0.15, -0.1) is 0 Å². The van der Waals surface area contributed by atoms with Crippen molar-refractivity contribution in [2.24, 2.45) is 0 Å². The summed E-state index contributed by atoms with van der Waals surface area (Å²) in [6.07, 6.45) is 2.91. The summed E-state index contributed by atoms with van der Waals surface area (Å²) in [6, 6.07) is 26.3. The first-order valence-electron chi connectivity index (χ1n) is 10.4. The Labute approximate surface area is 177 Å². The van der Waals surface area contributed by atoms with Crippen molar-refractivity contribution in [3.05, 3.63) is 101 Å². The molecule has 3 aromatic carbocycles. The van der Waals surface area contributed by atoms with Gasteiger partial charge in [-0.2, -0.15) is 5.26 Å². The molecule has 1 aliphatic rings. The molecule has 1 aliphatic heterocycles. The number of hydrogen-bond acceptors (Lipinski definition) is 3. The first kappa shape index (κ1) is 19.7. The van der Waals surface area contributed by atoms with Crippen LogP contribution in [0.15, 0.2) is 72.8 Å². The van der Waals surface area contributed by atoms with Gasteiger partial charge in [0.15, 0.2) is 0 Å². The number of carbonyl (C=O) groups is 1. The van der Waals surface area contributed by atoms with Gasteiger partial charge in [-0.3, -0.25) is 4.79 Å². The summed E-state index contributed by atoms with van der Waals surface area (Å²) in [4.78, 5) is 14.6. The van der Waals surface area contributed by atoms with Crippen LogP contribution in [0.4, 0.5) is 5.69 Å². The van der Waals surface area contributed by atoms with E-state index in [0.717, 1.165) is 32.4 Å². The smallest absolute Gasteiger partial charge is 0.251 e. The number of benzene rings is 3. The second-order valence-corrected chi connectivity index (χ2v) is 7.66. The van der Waals surface area contributed by atoms with Crippen LogP contribution in [0.5, 0.6) is 0 Å². The quantitative estimate of drug-likeness (QED) is 0.626. The minimum absolute atomic E-state index is 0.0970. The highest BCUT2D eigenvalue weighted by molar-refractivity contribution is 5.94. The number of aryl methyl sites for hydroxylation is 1. The molecule has 0 atom stereocenters. The molecule has 1 amide bonds. The highest BCUT2D eigenvalue weighted by Crippen LogP contribution is 2.24.